The molecule has 134 valence electrons. The first-order valence-electron chi connectivity index (χ1n) is 8.13. The molecule has 0 bridgehead atoms. The number of aliphatic hydroxyl groups is 1. The summed E-state index contributed by atoms with van der Waals surface area (Å²) in [5, 5.41) is 11.3. The molecule has 6 heteroatoms. The Morgan fingerprint density at radius 2 is 1.77 bits per heavy atom. The first kappa shape index (κ1) is 18.2. The van der Waals surface area contributed by atoms with Crippen LogP contribution in [0.1, 0.15) is 17.2 Å². The molecule has 1 atom stereocenters. The topological polar surface area (TPSA) is 66.8 Å². The number of carbonyl (C=O) groups is 2. The predicted molar refractivity (Wildman–Crippen MR) is 98.8 cm³/mol. The second kappa shape index (κ2) is 7.72. The van der Waals surface area contributed by atoms with Crippen LogP contribution in [0.25, 0.3) is 5.76 Å². The van der Waals surface area contributed by atoms with Crippen molar-refractivity contribution in [2.75, 3.05) is 20.3 Å². The molecule has 1 fully saturated rings. The molecule has 0 spiro atoms. The lowest BCUT2D eigenvalue weighted by atomic mass is 9.95. The zero-order chi connectivity index (χ0) is 18.7. The number of rotatable bonds is 5. The summed E-state index contributed by atoms with van der Waals surface area (Å²) in [6.45, 7) is 0.516. The minimum absolute atomic E-state index is 0.0691. The Morgan fingerprint density at radius 3 is 2.38 bits per heavy atom. The van der Waals surface area contributed by atoms with Crippen LogP contribution in [-0.4, -0.2) is 42.0 Å². The van der Waals surface area contributed by atoms with Crippen molar-refractivity contribution in [3.63, 3.8) is 0 Å². The van der Waals surface area contributed by atoms with E-state index < -0.39 is 17.7 Å². The molecule has 0 radical (unpaired) electrons. The number of nitrogens with zero attached hydrogens (tertiary/aromatic N) is 1. The van der Waals surface area contributed by atoms with Crippen LogP contribution in [0.5, 0.6) is 0 Å². The molecule has 5 nitrogen and oxygen atoms in total. The van der Waals surface area contributed by atoms with Crippen molar-refractivity contribution < 1.29 is 19.4 Å². The molecule has 1 saturated heterocycles. The molecule has 0 unspecified atom stereocenters. The molecule has 1 aliphatic heterocycles. The highest BCUT2D eigenvalue weighted by molar-refractivity contribution is 6.46. The van der Waals surface area contributed by atoms with Crippen LogP contribution in [0.3, 0.4) is 0 Å². The van der Waals surface area contributed by atoms with Gasteiger partial charge in [0.25, 0.3) is 11.7 Å². The third-order valence-electron chi connectivity index (χ3n) is 4.31. The molecule has 0 aliphatic carbocycles. The van der Waals surface area contributed by atoms with Gasteiger partial charge in [0.15, 0.2) is 0 Å². The number of hydrogen-bond donors (Lipinski definition) is 1. The maximum absolute atomic E-state index is 12.7. The van der Waals surface area contributed by atoms with Crippen molar-refractivity contribution in [3.8, 4) is 0 Å². The Labute approximate surface area is 156 Å². The minimum atomic E-state index is -0.706. The number of Topliss-reactive ketones (excluding diaryl/α,β-unsaturated/α-hetero) is 1. The molecule has 0 saturated carbocycles. The lowest BCUT2D eigenvalue weighted by molar-refractivity contribution is -0.140. The fourth-order valence-corrected chi connectivity index (χ4v) is 3.17. The smallest absolute Gasteiger partial charge is 0.295 e. The summed E-state index contributed by atoms with van der Waals surface area (Å²) in [6.07, 6.45) is 0. The Kier molecular flexibility index (Phi) is 5.40. The van der Waals surface area contributed by atoms with Crippen molar-refractivity contribution >= 4 is 29.1 Å². The second-order valence-electron chi connectivity index (χ2n) is 5.90. The highest BCUT2D eigenvalue weighted by Gasteiger charge is 2.45. The molecule has 1 heterocycles. The molecule has 2 aromatic rings. The van der Waals surface area contributed by atoms with Gasteiger partial charge in [0.2, 0.25) is 0 Å². The molecular formula is C20H18ClNO4. The van der Waals surface area contributed by atoms with Crippen LogP contribution < -0.4 is 0 Å². The van der Waals surface area contributed by atoms with Crippen LogP contribution in [0.15, 0.2) is 60.2 Å². The van der Waals surface area contributed by atoms with Gasteiger partial charge >= 0.3 is 0 Å². The van der Waals surface area contributed by atoms with Crippen molar-refractivity contribution in [2.45, 2.75) is 6.04 Å². The molecule has 1 amide bonds. The van der Waals surface area contributed by atoms with Crippen LogP contribution in [0, 0.1) is 0 Å². The van der Waals surface area contributed by atoms with E-state index in [0.29, 0.717) is 16.1 Å². The zero-order valence-electron chi connectivity index (χ0n) is 14.2. The Balaban J connectivity index is 2.15. The summed E-state index contributed by atoms with van der Waals surface area (Å²) in [7, 11) is 1.53. The van der Waals surface area contributed by atoms with Gasteiger partial charge in [-0.05, 0) is 17.7 Å². The van der Waals surface area contributed by atoms with E-state index in [0.717, 1.165) is 0 Å². The molecule has 2 aromatic carbocycles. The second-order valence-corrected chi connectivity index (χ2v) is 6.34. The molecule has 1 aliphatic rings. The lowest BCUT2D eigenvalue weighted by Crippen LogP contribution is -2.32. The number of hydrogen-bond acceptors (Lipinski definition) is 4. The van der Waals surface area contributed by atoms with E-state index in [1.807, 2.05) is 6.07 Å². The minimum Gasteiger partial charge on any atom is -0.507 e. The van der Waals surface area contributed by atoms with E-state index in [1.165, 1.54) is 12.0 Å². The monoisotopic (exact) mass is 371 g/mol. The SMILES string of the molecule is COCCN1C(=O)C(=O)C(=C(O)c2ccccc2)[C@@H]1c1ccc(Cl)cc1. The van der Waals surface area contributed by atoms with Crippen LogP contribution >= 0.6 is 11.6 Å². The van der Waals surface area contributed by atoms with Crippen molar-refractivity contribution in [2.24, 2.45) is 0 Å². The molecule has 1 N–H and O–H groups in total. The maximum atomic E-state index is 12.7. The third-order valence-corrected chi connectivity index (χ3v) is 4.56. The van der Waals surface area contributed by atoms with Gasteiger partial charge in [-0.25, -0.2) is 0 Å². The van der Waals surface area contributed by atoms with E-state index in [4.69, 9.17) is 16.3 Å². The highest BCUT2D eigenvalue weighted by atomic mass is 35.5. The summed E-state index contributed by atoms with van der Waals surface area (Å²) in [6, 6.07) is 14.9. The molecular weight excluding hydrogens is 354 g/mol. The van der Waals surface area contributed by atoms with Crippen LogP contribution in [0.2, 0.25) is 5.02 Å². The van der Waals surface area contributed by atoms with E-state index in [2.05, 4.69) is 0 Å². The predicted octanol–water partition coefficient (Wildman–Crippen LogP) is 3.41. The number of likely N-dealkylation sites (tertiary alicyclic amines) is 1. The van der Waals surface area contributed by atoms with Gasteiger partial charge in [0.1, 0.15) is 5.76 Å². The van der Waals surface area contributed by atoms with E-state index in [-0.39, 0.29) is 24.5 Å². The van der Waals surface area contributed by atoms with E-state index >= 15 is 0 Å². The summed E-state index contributed by atoms with van der Waals surface area (Å²) in [5.41, 5.74) is 1.25. The van der Waals surface area contributed by atoms with Gasteiger partial charge in [-0.15, -0.1) is 0 Å². The largest absolute Gasteiger partial charge is 0.507 e. The molecule has 3 rings (SSSR count). The number of aliphatic hydroxyl groups excluding tert-OH is 1. The zero-order valence-corrected chi connectivity index (χ0v) is 14.9. The van der Waals surface area contributed by atoms with Gasteiger partial charge in [0, 0.05) is 24.2 Å². The van der Waals surface area contributed by atoms with Crippen molar-refractivity contribution in [1.82, 2.24) is 4.90 Å². The first-order chi connectivity index (χ1) is 12.5. The Hall–Kier alpha value is -2.63. The van der Waals surface area contributed by atoms with Crippen LogP contribution in [-0.2, 0) is 14.3 Å². The third kappa shape index (κ3) is 3.36. The normalized spacial score (nSPS) is 19.2. The molecule has 0 aromatic heterocycles. The van der Waals surface area contributed by atoms with Gasteiger partial charge in [-0.3, -0.25) is 9.59 Å². The van der Waals surface area contributed by atoms with Crippen molar-refractivity contribution in [1.29, 1.82) is 0 Å². The maximum Gasteiger partial charge on any atom is 0.295 e. The average molecular weight is 372 g/mol. The number of methoxy groups -OCH3 is 1. The Morgan fingerprint density at radius 1 is 1.12 bits per heavy atom. The lowest BCUT2D eigenvalue weighted by Gasteiger charge is -2.25. The standard InChI is InChI=1S/C20H18ClNO4/c1-26-12-11-22-17(13-7-9-15(21)10-8-13)16(19(24)20(22)25)18(23)14-5-3-2-4-6-14/h2-10,17,23H,11-12H2,1H3/t17-/m0/s1. The number of ketones is 1. The van der Waals surface area contributed by atoms with Gasteiger partial charge in [-0.2, -0.15) is 0 Å². The quantitative estimate of drug-likeness (QED) is 0.497. The van der Waals surface area contributed by atoms with Crippen molar-refractivity contribution in [3.05, 3.63) is 76.3 Å². The van der Waals surface area contributed by atoms with E-state index in [1.54, 1.807) is 48.5 Å². The highest BCUT2D eigenvalue weighted by Crippen LogP contribution is 2.39. The number of benzene rings is 2. The Bertz CT molecular complexity index is 846. The number of halogens is 1. The van der Waals surface area contributed by atoms with Gasteiger partial charge < -0.3 is 14.7 Å². The van der Waals surface area contributed by atoms with Gasteiger partial charge in [-0.1, -0.05) is 54.1 Å². The summed E-state index contributed by atoms with van der Waals surface area (Å²) >= 11 is 5.96. The summed E-state index contributed by atoms with van der Waals surface area (Å²) < 4.78 is 5.07. The summed E-state index contributed by atoms with van der Waals surface area (Å²) in [4.78, 5) is 26.6. The first-order valence-corrected chi connectivity index (χ1v) is 8.50. The van der Waals surface area contributed by atoms with E-state index in [9.17, 15) is 14.7 Å². The average Bonchev–Trinajstić information content (AvgIpc) is 2.91. The van der Waals surface area contributed by atoms with Gasteiger partial charge in [0.05, 0.1) is 18.2 Å². The number of ether oxygens (including phenoxy) is 1. The number of carbonyl (C=O) groups excluding carboxylic acids is 2. The fourth-order valence-electron chi connectivity index (χ4n) is 3.04. The fraction of sp³-hybridized carbons (Fsp3) is 0.200. The molecule has 26 heavy (non-hydrogen) atoms. The number of amides is 1. The van der Waals surface area contributed by atoms with Crippen LogP contribution in [0.4, 0.5) is 0 Å². The summed E-state index contributed by atoms with van der Waals surface area (Å²) in [5.74, 6) is -1.55.